The predicted molar refractivity (Wildman–Crippen MR) is 89.1 cm³/mol. The number of benzene rings is 2. The van der Waals surface area contributed by atoms with E-state index in [4.69, 9.17) is 4.74 Å². The molecule has 0 fully saturated rings. The number of hydrogen-bond acceptors (Lipinski definition) is 4. The second-order valence-corrected chi connectivity index (χ2v) is 5.81. The van der Waals surface area contributed by atoms with Gasteiger partial charge in [-0.2, -0.15) is 0 Å². The van der Waals surface area contributed by atoms with E-state index in [2.05, 4.69) is 32.3 Å². The van der Waals surface area contributed by atoms with E-state index in [1.165, 1.54) is 5.56 Å². The van der Waals surface area contributed by atoms with Gasteiger partial charge in [-0.05, 0) is 23.8 Å². The van der Waals surface area contributed by atoms with E-state index in [0.29, 0.717) is 25.3 Å². The predicted octanol–water partition coefficient (Wildman–Crippen LogP) is 3.16. The van der Waals surface area contributed by atoms with Gasteiger partial charge in [-0.1, -0.05) is 46.3 Å². The van der Waals surface area contributed by atoms with Gasteiger partial charge in [-0.15, -0.1) is 0 Å². The first-order valence-corrected chi connectivity index (χ1v) is 7.82. The normalized spacial score (nSPS) is 12.5. The zero-order chi connectivity index (χ0) is 15.4. The van der Waals surface area contributed by atoms with E-state index >= 15 is 0 Å². The minimum absolute atomic E-state index is 0.298. The van der Waals surface area contributed by atoms with Crippen LogP contribution in [-0.4, -0.2) is 25.0 Å². The van der Waals surface area contributed by atoms with Crippen molar-refractivity contribution >= 4 is 27.7 Å². The van der Waals surface area contributed by atoms with Crippen LogP contribution >= 0.6 is 15.9 Å². The number of esters is 1. The number of rotatable bonds is 4. The van der Waals surface area contributed by atoms with E-state index in [9.17, 15) is 4.79 Å². The zero-order valence-corrected chi connectivity index (χ0v) is 13.5. The molecule has 1 heterocycles. The van der Waals surface area contributed by atoms with Crippen LogP contribution in [0.4, 0.5) is 0 Å². The second-order valence-electron chi connectivity index (χ2n) is 4.90. The van der Waals surface area contributed by atoms with Crippen molar-refractivity contribution in [3.05, 3.63) is 69.7 Å². The van der Waals surface area contributed by atoms with Crippen molar-refractivity contribution in [1.29, 1.82) is 0 Å². The maximum absolute atomic E-state index is 11.9. The van der Waals surface area contributed by atoms with Gasteiger partial charge < -0.3 is 10.1 Å². The number of hydrogen-bond donors (Lipinski definition) is 1. The Morgan fingerprint density at radius 2 is 2.09 bits per heavy atom. The fraction of sp³-hybridized carbons (Fsp3) is 0.176. The van der Waals surface area contributed by atoms with Crippen molar-refractivity contribution in [3.8, 4) is 0 Å². The van der Waals surface area contributed by atoms with Gasteiger partial charge in [0.1, 0.15) is 12.4 Å². The number of nitrogens with zero attached hydrogens (tertiary/aromatic N) is 1. The Labute approximate surface area is 137 Å². The molecule has 0 unspecified atom stereocenters. The van der Waals surface area contributed by atoms with Crippen molar-refractivity contribution in [3.63, 3.8) is 0 Å². The molecular formula is C17H15BrN2O2. The Balaban J connectivity index is 1.48. The molecule has 0 aliphatic carbocycles. The Morgan fingerprint density at radius 3 is 2.95 bits per heavy atom. The molecule has 0 saturated carbocycles. The van der Waals surface area contributed by atoms with E-state index in [-0.39, 0.29) is 5.97 Å². The highest BCUT2D eigenvalue weighted by molar-refractivity contribution is 9.10. The first-order chi connectivity index (χ1) is 10.7. The summed E-state index contributed by atoms with van der Waals surface area (Å²) in [6, 6.07) is 15.3. The van der Waals surface area contributed by atoms with Gasteiger partial charge >= 0.3 is 5.97 Å². The molecule has 1 aliphatic rings. The molecule has 5 heteroatoms. The maximum Gasteiger partial charge on any atom is 0.338 e. The van der Waals surface area contributed by atoms with Crippen LogP contribution in [0.25, 0.3) is 0 Å². The summed E-state index contributed by atoms with van der Waals surface area (Å²) >= 11 is 3.34. The number of fused-ring (bicyclic) bond motifs is 1. The van der Waals surface area contributed by atoms with Crippen molar-refractivity contribution in [1.82, 2.24) is 5.32 Å². The van der Waals surface area contributed by atoms with Crippen molar-refractivity contribution in [2.24, 2.45) is 4.99 Å². The molecular weight excluding hydrogens is 344 g/mol. The van der Waals surface area contributed by atoms with Crippen LogP contribution < -0.4 is 5.32 Å². The SMILES string of the molecule is O=C(OCCNC1=NCc2ccccc21)c1cccc(Br)c1. The number of carbonyl (C=O) groups is 1. The minimum Gasteiger partial charge on any atom is -0.460 e. The molecule has 2 aromatic rings. The standard InChI is InChI=1S/C17H15BrN2O2/c18-14-6-3-5-12(10-14)17(21)22-9-8-19-16-15-7-2-1-4-13(15)11-20-16/h1-7,10H,8-9,11H2,(H,19,20). The molecule has 0 atom stereocenters. The number of aliphatic imine (C=N–C) groups is 1. The largest absolute Gasteiger partial charge is 0.460 e. The van der Waals surface area contributed by atoms with Crippen LogP contribution in [0.2, 0.25) is 0 Å². The van der Waals surface area contributed by atoms with Crippen LogP contribution in [0, 0.1) is 0 Å². The molecule has 4 nitrogen and oxygen atoms in total. The third-order valence-corrected chi connectivity index (χ3v) is 3.86. The highest BCUT2D eigenvalue weighted by Crippen LogP contribution is 2.16. The van der Waals surface area contributed by atoms with E-state index < -0.39 is 0 Å². The number of amidine groups is 1. The molecule has 3 rings (SSSR count). The van der Waals surface area contributed by atoms with Crippen molar-refractivity contribution in [2.75, 3.05) is 13.2 Å². The quantitative estimate of drug-likeness (QED) is 0.674. The first kappa shape index (κ1) is 14.8. The average Bonchev–Trinajstić information content (AvgIpc) is 2.95. The lowest BCUT2D eigenvalue weighted by molar-refractivity contribution is 0.0512. The maximum atomic E-state index is 11.9. The van der Waals surface area contributed by atoms with Gasteiger partial charge in [0.2, 0.25) is 0 Å². The Hall–Kier alpha value is -2.14. The molecule has 0 spiro atoms. The lowest BCUT2D eigenvalue weighted by Gasteiger charge is -2.08. The summed E-state index contributed by atoms with van der Waals surface area (Å²) in [7, 11) is 0. The van der Waals surface area contributed by atoms with E-state index in [0.717, 1.165) is 15.9 Å². The molecule has 2 aromatic carbocycles. The summed E-state index contributed by atoms with van der Waals surface area (Å²) in [5.41, 5.74) is 2.88. The first-order valence-electron chi connectivity index (χ1n) is 7.03. The number of nitrogens with one attached hydrogen (secondary N) is 1. The van der Waals surface area contributed by atoms with Crippen LogP contribution in [0.3, 0.4) is 0 Å². The third-order valence-electron chi connectivity index (χ3n) is 3.37. The summed E-state index contributed by atoms with van der Waals surface area (Å²) in [4.78, 5) is 16.3. The topological polar surface area (TPSA) is 50.7 Å². The van der Waals surface area contributed by atoms with Crippen LogP contribution in [-0.2, 0) is 11.3 Å². The third kappa shape index (κ3) is 3.36. The van der Waals surface area contributed by atoms with Crippen LogP contribution in [0.5, 0.6) is 0 Å². The van der Waals surface area contributed by atoms with Gasteiger partial charge in [-0.25, -0.2) is 4.79 Å². The van der Waals surface area contributed by atoms with E-state index in [1.54, 1.807) is 12.1 Å². The molecule has 112 valence electrons. The number of carbonyl (C=O) groups excluding carboxylic acids is 1. The van der Waals surface area contributed by atoms with Crippen molar-refractivity contribution in [2.45, 2.75) is 6.54 Å². The van der Waals surface area contributed by atoms with Gasteiger partial charge in [0, 0.05) is 10.0 Å². The van der Waals surface area contributed by atoms with Gasteiger partial charge in [0.05, 0.1) is 18.7 Å². The van der Waals surface area contributed by atoms with Gasteiger partial charge in [0.15, 0.2) is 0 Å². The number of ether oxygens (including phenoxy) is 1. The molecule has 0 aromatic heterocycles. The summed E-state index contributed by atoms with van der Waals surface area (Å²) in [5, 5.41) is 3.22. The van der Waals surface area contributed by atoms with Gasteiger partial charge in [-0.3, -0.25) is 4.99 Å². The molecule has 1 aliphatic heterocycles. The summed E-state index contributed by atoms with van der Waals surface area (Å²) in [6.07, 6.45) is 0. The summed E-state index contributed by atoms with van der Waals surface area (Å²) in [6.45, 7) is 1.54. The molecule has 0 radical (unpaired) electrons. The van der Waals surface area contributed by atoms with Crippen molar-refractivity contribution < 1.29 is 9.53 Å². The monoisotopic (exact) mass is 358 g/mol. The Morgan fingerprint density at radius 1 is 1.23 bits per heavy atom. The van der Waals surface area contributed by atoms with E-state index in [1.807, 2.05) is 30.3 Å². The van der Waals surface area contributed by atoms with Gasteiger partial charge in [0.25, 0.3) is 0 Å². The lowest BCUT2D eigenvalue weighted by atomic mass is 10.1. The molecule has 22 heavy (non-hydrogen) atoms. The van der Waals surface area contributed by atoms with Crippen LogP contribution in [0.15, 0.2) is 58.0 Å². The summed E-state index contributed by atoms with van der Waals surface area (Å²) in [5.74, 6) is 0.547. The Bertz CT molecular complexity index is 728. The Kier molecular flexibility index (Phi) is 4.53. The highest BCUT2D eigenvalue weighted by Gasteiger charge is 2.14. The molecule has 0 bridgehead atoms. The highest BCUT2D eigenvalue weighted by atomic mass is 79.9. The average molecular weight is 359 g/mol. The smallest absolute Gasteiger partial charge is 0.338 e. The fourth-order valence-corrected chi connectivity index (χ4v) is 2.70. The van der Waals surface area contributed by atoms with Crippen LogP contribution in [0.1, 0.15) is 21.5 Å². The fourth-order valence-electron chi connectivity index (χ4n) is 2.30. The number of halogens is 1. The molecule has 1 N–H and O–H groups in total. The summed E-state index contributed by atoms with van der Waals surface area (Å²) < 4.78 is 6.11. The lowest BCUT2D eigenvalue weighted by Crippen LogP contribution is -2.27. The second kappa shape index (κ2) is 6.75. The molecule has 0 amide bonds. The minimum atomic E-state index is -0.322. The molecule has 0 saturated heterocycles. The zero-order valence-electron chi connectivity index (χ0n) is 11.9.